The molecule has 3 fully saturated rings. The molecular weight excluding hydrogens is 782 g/mol. The van der Waals surface area contributed by atoms with Crippen LogP contribution in [0.5, 0.6) is 0 Å². The Kier molecular flexibility index (Phi) is 15.5. The van der Waals surface area contributed by atoms with Gasteiger partial charge in [-0.25, -0.2) is 14.5 Å². The highest BCUT2D eigenvalue weighted by molar-refractivity contribution is 5.93. The van der Waals surface area contributed by atoms with Gasteiger partial charge in [-0.3, -0.25) is 19.2 Å². The Balaban J connectivity index is 1.59. The zero-order chi connectivity index (χ0) is 42.9. The first kappa shape index (κ1) is 45.1. The summed E-state index contributed by atoms with van der Waals surface area (Å²) in [5, 5.41) is 12.1. The number of rotatable bonds is 17. The summed E-state index contributed by atoms with van der Waals surface area (Å²) < 4.78 is 64.2. The first-order chi connectivity index (χ1) is 28.2. The summed E-state index contributed by atoms with van der Waals surface area (Å²) in [6.07, 6.45) is -15.4. The van der Waals surface area contributed by atoms with Crippen molar-refractivity contribution >= 4 is 35.9 Å². The molecule has 19 nitrogen and oxygen atoms in total. The summed E-state index contributed by atoms with van der Waals surface area (Å²) in [5.41, 5.74) is 1.56. The van der Waals surface area contributed by atoms with Crippen LogP contribution < -0.4 is 0 Å². The standard InChI is InChI=1S/C40H49NO18/c1-22(42)41-31-28(57-39(41)48)17-40(38(47)50-6,58-34(31)33(55-25(4)45)30(54-24(3)44)21-52-23(2)43)59-35-32(46)29(20-51-18-26-13-9-7-10-14-26)56-37(49-5)36(35)53-19-27-15-11-8-12-16-27/h7-16,28-37,46H,17-21H2,1-6H3/t28-,29-,30+,31+,32+,33+,34+,35+,36-,37+,40+/m0/s1. The van der Waals surface area contributed by atoms with E-state index in [1.807, 2.05) is 36.4 Å². The maximum Gasteiger partial charge on any atom is 0.417 e. The molecule has 59 heavy (non-hydrogen) atoms. The van der Waals surface area contributed by atoms with Gasteiger partial charge in [-0.1, -0.05) is 60.7 Å². The van der Waals surface area contributed by atoms with E-state index >= 15 is 0 Å². The fourth-order valence-electron chi connectivity index (χ4n) is 7.22. The first-order valence-electron chi connectivity index (χ1n) is 18.7. The minimum absolute atomic E-state index is 0.0458. The molecule has 0 aliphatic carbocycles. The van der Waals surface area contributed by atoms with Crippen molar-refractivity contribution in [2.75, 3.05) is 27.4 Å². The van der Waals surface area contributed by atoms with Crippen molar-refractivity contribution in [2.45, 2.75) is 114 Å². The van der Waals surface area contributed by atoms with Gasteiger partial charge in [0.25, 0.3) is 5.79 Å². The van der Waals surface area contributed by atoms with Crippen LogP contribution in [0, 0.1) is 0 Å². The molecule has 0 unspecified atom stereocenters. The number of imide groups is 1. The van der Waals surface area contributed by atoms with Crippen molar-refractivity contribution in [1.29, 1.82) is 0 Å². The van der Waals surface area contributed by atoms with Gasteiger partial charge in [0.15, 0.2) is 18.5 Å². The Morgan fingerprint density at radius 2 is 1.49 bits per heavy atom. The largest absolute Gasteiger partial charge is 0.465 e. The molecule has 0 bridgehead atoms. The lowest BCUT2D eigenvalue weighted by Gasteiger charge is -2.50. The van der Waals surface area contributed by atoms with Gasteiger partial charge < -0.3 is 57.2 Å². The van der Waals surface area contributed by atoms with E-state index in [4.69, 9.17) is 52.1 Å². The number of aliphatic hydroxyl groups is 1. The molecule has 2 aromatic rings. The number of hydrogen-bond acceptors (Lipinski definition) is 18. The molecule has 11 atom stereocenters. The lowest BCUT2D eigenvalue weighted by molar-refractivity contribution is -0.373. The van der Waals surface area contributed by atoms with E-state index in [0.717, 1.165) is 45.9 Å². The Labute approximate surface area is 339 Å². The van der Waals surface area contributed by atoms with E-state index in [0.29, 0.717) is 4.90 Å². The summed E-state index contributed by atoms with van der Waals surface area (Å²) in [5.74, 6) is -7.34. The Morgan fingerprint density at radius 1 is 0.864 bits per heavy atom. The van der Waals surface area contributed by atoms with E-state index in [1.165, 1.54) is 7.11 Å². The summed E-state index contributed by atoms with van der Waals surface area (Å²) >= 11 is 0. The number of esters is 4. The number of hydrogen-bond donors (Lipinski definition) is 1. The molecule has 3 saturated heterocycles. The van der Waals surface area contributed by atoms with Crippen molar-refractivity contribution < 1.29 is 86.0 Å². The third kappa shape index (κ3) is 11.0. The van der Waals surface area contributed by atoms with Crippen LogP contribution in [0.25, 0.3) is 0 Å². The number of aliphatic hydroxyl groups excluding tert-OH is 1. The first-order valence-corrected chi connectivity index (χ1v) is 18.7. The Morgan fingerprint density at radius 3 is 2.05 bits per heavy atom. The highest BCUT2D eigenvalue weighted by Crippen LogP contribution is 2.44. The molecular formula is C40H49NO18. The number of amides is 2. The lowest BCUT2D eigenvalue weighted by atomic mass is 9.87. The number of carbonyl (C=O) groups is 6. The average molecular weight is 832 g/mol. The summed E-state index contributed by atoms with van der Waals surface area (Å²) in [7, 11) is 2.36. The van der Waals surface area contributed by atoms with Crippen LogP contribution in [0.2, 0.25) is 0 Å². The summed E-state index contributed by atoms with van der Waals surface area (Å²) in [6.45, 7) is 3.42. The van der Waals surface area contributed by atoms with Gasteiger partial charge in [-0.2, -0.15) is 0 Å². The van der Waals surface area contributed by atoms with Gasteiger partial charge in [0, 0.05) is 34.8 Å². The van der Waals surface area contributed by atoms with Crippen molar-refractivity contribution in [3.8, 4) is 0 Å². The zero-order valence-electron chi connectivity index (χ0n) is 33.4. The van der Waals surface area contributed by atoms with E-state index in [2.05, 4.69) is 0 Å². The number of methoxy groups -OCH3 is 2. The zero-order valence-corrected chi connectivity index (χ0v) is 33.4. The minimum atomic E-state index is -2.65. The van der Waals surface area contributed by atoms with Gasteiger partial charge in [0.05, 0.1) is 33.4 Å². The van der Waals surface area contributed by atoms with E-state index in [-0.39, 0.29) is 19.8 Å². The van der Waals surface area contributed by atoms with E-state index < -0.39 is 116 Å². The van der Waals surface area contributed by atoms with Crippen molar-refractivity contribution in [1.82, 2.24) is 4.90 Å². The Bertz CT molecular complexity index is 1780. The third-order valence-corrected chi connectivity index (χ3v) is 9.71. The molecule has 3 aliphatic heterocycles. The topological polar surface area (TPSA) is 227 Å². The molecule has 0 aromatic heterocycles. The van der Waals surface area contributed by atoms with E-state index in [1.54, 1.807) is 24.3 Å². The normalized spacial score (nSPS) is 28.7. The number of benzene rings is 2. The molecule has 0 radical (unpaired) electrons. The third-order valence-electron chi connectivity index (χ3n) is 9.71. The molecule has 2 aromatic carbocycles. The van der Waals surface area contributed by atoms with E-state index in [9.17, 15) is 33.9 Å². The smallest absolute Gasteiger partial charge is 0.417 e. The van der Waals surface area contributed by atoms with Crippen LogP contribution in [0.3, 0.4) is 0 Å². The fraction of sp³-hybridized carbons (Fsp3) is 0.550. The molecule has 1 N–H and O–H groups in total. The van der Waals surface area contributed by atoms with Crippen LogP contribution in [-0.4, -0.2) is 140 Å². The molecule has 3 heterocycles. The molecule has 322 valence electrons. The number of carbonyl (C=O) groups excluding carboxylic acids is 6. The van der Waals surface area contributed by atoms with Gasteiger partial charge >= 0.3 is 30.0 Å². The Hall–Kier alpha value is -5.02. The molecule has 3 aliphatic rings. The van der Waals surface area contributed by atoms with Gasteiger partial charge in [0.1, 0.15) is 49.3 Å². The second-order valence-electron chi connectivity index (χ2n) is 14.0. The van der Waals surface area contributed by atoms with Gasteiger partial charge in [0.2, 0.25) is 5.91 Å². The minimum Gasteiger partial charge on any atom is -0.465 e. The molecule has 5 rings (SSSR count). The fourth-order valence-corrected chi connectivity index (χ4v) is 7.22. The van der Waals surface area contributed by atoms with Crippen LogP contribution in [-0.2, 0) is 89.3 Å². The molecule has 19 heteroatoms. The highest BCUT2D eigenvalue weighted by atomic mass is 16.8. The van der Waals surface area contributed by atoms with Crippen molar-refractivity contribution in [3.05, 3.63) is 71.8 Å². The second-order valence-corrected chi connectivity index (χ2v) is 14.0. The maximum absolute atomic E-state index is 14.2. The monoisotopic (exact) mass is 831 g/mol. The quantitative estimate of drug-likeness (QED) is 0.177. The predicted molar refractivity (Wildman–Crippen MR) is 196 cm³/mol. The molecule has 0 saturated carbocycles. The van der Waals surface area contributed by atoms with Crippen LogP contribution in [0.1, 0.15) is 45.2 Å². The van der Waals surface area contributed by atoms with Crippen LogP contribution in [0.15, 0.2) is 60.7 Å². The predicted octanol–water partition coefficient (Wildman–Crippen LogP) is 1.73. The van der Waals surface area contributed by atoms with Gasteiger partial charge in [-0.15, -0.1) is 0 Å². The van der Waals surface area contributed by atoms with Crippen LogP contribution in [0.4, 0.5) is 4.79 Å². The summed E-state index contributed by atoms with van der Waals surface area (Å²) in [6, 6.07) is 16.8. The maximum atomic E-state index is 14.2. The molecule has 2 amide bonds. The summed E-state index contributed by atoms with van der Waals surface area (Å²) in [4.78, 5) is 78.2. The van der Waals surface area contributed by atoms with Crippen molar-refractivity contribution in [3.63, 3.8) is 0 Å². The molecule has 0 spiro atoms. The van der Waals surface area contributed by atoms with Crippen LogP contribution >= 0.6 is 0 Å². The lowest BCUT2D eigenvalue weighted by Crippen LogP contribution is -2.70. The number of fused-ring (bicyclic) bond motifs is 1. The highest BCUT2D eigenvalue weighted by Gasteiger charge is 2.66. The number of nitrogens with zero attached hydrogens (tertiary/aromatic N) is 1. The van der Waals surface area contributed by atoms with Crippen molar-refractivity contribution in [2.24, 2.45) is 0 Å². The average Bonchev–Trinajstić information content (AvgIpc) is 3.54. The number of ether oxygens (including phenoxy) is 11. The van der Waals surface area contributed by atoms with Gasteiger partial charge in [-0.05, 0) is 11.1 Å². The second kappa shape index (κ2) is 20.3. The SMILES string of the molecule is COC(=O)[C@]1(O[C@@H]2[C@H](O)[C@H](COCc3ccccc3)O[C@@H](OC)[C@H]2OCc2ccccc2)C[C@@H]2OC(=O)N(C(C)=O)[C@H]2[C@H]([C@H](OC(C)=O)[C@@H](COC(C)=O)OC(C)=O)O1.